The Hall–Kier alpha value is -1.15. The number of thiazole rings is 1. The average Bonchev–Trinajstić information content (AvgIpc) is 2.80. The number of benzene rings is 1. The van der Waals surface area contributed by atoms with E-state index in [1.165, 1.54) is 11.3 Å². The molecule has 4 N–H and O–H groups in total. The predicted octanol–water partition coefficient (Wildman–Crippen LogP) is 3.39. The lowest BCUT2D eigenvalue weighted by Crippen LogP contribution is -2.20. The maximum atomic E-state index is 10.8. The first-order chi connectivity index (χ1) is 8.97. The van der Waals surface area contributed by atoms with Gasteiger partial charge in [-0.3, -0.25) is 4.79 Å². The standard InChI is InChI=1S/C11H9BrClN3O2S/c12-6-3-5(13)1-2-7(6)15-11-16-8(4-19-11)9(14)10(17)18/h1-4,9H,14H2,(H,15,16)(H,17,18). The molecule has 1 aromatic heterocycles. The van der Waals surface area contributed by atoms with Crippen LogP contribution in [0.2, 0.25) is 5.02 Å². The van der Waals surface area contributed by atoms with E-state index in [2.05, 4.69) is 26.2 Å². The molecule has 2 rings (SSSR count). The summed E-state index contributed by atoms with van der Waals surface area (Å²) in [5.74, 6) is -1.11. The Labute approximate surface area is 126 Å². The van der Waals surface area contributed by atoms with Crippen molar-refractivity contribution in [2.75, 3.05) is 5.32 Å². The molecule has 0 saturated heterocycles. The molecule has 0 radical (unpaired) electrons. The van der Waals surface area contributed by atoms with Crippen LogP contribution in [-0.2, 0) is 4.79 Å². The van der Waals surface area contributed by atoms with Crippen molar-refractivity contribution in [2.45, 2.75) is 6.04 Å². The van der Waals surface area contributed by atoms with Gasteiger partial charge in [0, 0.05) is 14.9 Å². The molecule has 0 spiro atoms. The summed E-state index contributed by atoms with van der Waals surface area (Å²) in [7, 11) is 0. The number of carboxylic acid groups (broad SMARTS) is 1. The van der Waals surface area contributed by atoms with Crippen LogP contribution >= 0.6 is 38.9 Å². The number of carbonyl (C=O) groups is 1. The van der Waals surface area contributed by atoms with E-state index in [1.807, 2.05) is 0 Å². The Balaban J connectivity index is 2.18. The minimum atomic E-state index is -1.11. The molecule has 0 saturated carbocycles. The summed E-state index contributed by atoms with van der Waals surface area (Å²) in [6.07, 6.45) is 0. The van der Waals surface area contributed by atoms with Crippen LogP contribution in [0.4, 0.5) is 10.8 Å². The van der Waals surface area contributed by atoms with Gasteiger partial charge in [-0.25, -0.2) is 4.98 Å². The van der Waals surface area contributed by atoms with Gasteiger partial charge in [0.1, 0.15) is 6.04 Å². The molecule has 1 atom stereocenters. The zero-order valence-electron chi connectivity index (χ0n) is 9.43. The van der Waals surface area contributed by atoms with Crippen LogP contribution in [0, 0.1) is 0 Å². The van der Waals surface area contributed by atoms with Gasteiger partial charge in [-0.2, -0.15) is 0 Å². The highest BCUT2D eigenvalue weighted by molar-refractivity contribution is 9.10. The molecule has 1 aromatic carbocycles. The van der Waals surface area contributed by atoms with Gasteiger partial charge in [0.15, 0.2) is 5.13 Å². The lowest BCUT2D eigenvalue weighted by atomic mass is 10.2. The fraction of sp³-hybridized carbons (Fsp3) is 0.0909. The van der Waals surface area contributed by atoms with Crippen LogP contribution in [-0.4, -0.2) is 16.1 Å². The number of nitrogens with one attached hydrogen (secondary N) is 1. The monoisotopic (exact) mass is 361 g/mol. The van der Waals surface area contributed by atoms with Crippen LogP contribution in [0.3, 0.4) is 0 Å². The Morgan fingerprint density at radius 2 is 2.32 bits per heavy atom. The molecule has 1 unspecified atom stereocenters. The second-order valence-electron chi connectivity index (χ2n) is 3.64. The van der Waals surface area contributed by atoms with E-state index < -0.39 is 12.0 Å². The summed E-state index contributed by atoms with van der Waals surface area (Å²) < 4.78 is 0.791. The van der Waals surface area contributed by atoms with Crippen molar-refractivity contribution in [3.8, 4) is 0 Å². The van der Waals surface area contributed by atoms with Crippen LogP contribution in [0.5, 0.6) is 0 Å². The predicted molar refractivity (Wildman–Crippen MR) is 79.1 cm³/mol. The van der Waals surface area contributed by atoms with E-state index in [1.54, 1.807) is 23.6 Å². The number of halogens is 2. The average molecular weight is 363 g/mol. The largest absolute Gasteiger partial charge is 0.480 e. The highest BCUT2D eigenvalue weighted by atomic mass is 79.9. The lowest BCUT2D eigenvalue weighted by molar-refractivity contribution is -0.138. The highest BCUT2D eigenvalue weighted by Gasteiger charge is 2.17. The van der Waals surface area contributed by atoms with Gasteiger partial charge < -0.3 is 16.2 Å². The first-order valence-corrected chi connectivity index (χ1v) is 7.18. The molecule has 0 amide bonds. The number of carboxylic acids is 1. The summed E-state index contributed by atoms with van der Waals surface area (Å²) in [4.78, 5) is 14.9. The van der Waals surface area contributed by atoms with Crippen molar-refractivity contribution >= 4 is 55.7 Å². The number of aromatic nitrogens is 1. The molecule has 100 valence electrons. The zero-order chi connectivity index (χ0) is 14.0. The zero-order valence-corrected chi connectivity index (χ0v) is 12.6. The van der Waals surface area contributed by atoms with Crippen molar-refractivity contribution < 1.29 is 9.90 Å². The van der Waals surface area contributed by atoms with E-state index in [0.717, 1.165) is 10.2 Å². The van der Waals surface area contributed by atoms with E-state index in [4.69, 9.17) is 22.4 Å². The molecule has 0 aliphatic rings. The molecule has 8 heteroatoms. The van der Waals surface area contributed by atoms with Gasteiger partial charge in [0.25, 0.3) is 0 Å². The molecular formula is C11H9BrClN3O2S. The van der Waals surface area contributed by atoms with Gasteiger partial charge in [-0.15, -0.1) is 11.3 Å². The van der Waals surface area contributed by atoms with Crippen LogP contribution in [0.1, 0.15) is 11.7 Å². The number of hydrogen-bond donors (Lipinski definition) is 3. The van der Waals surface area contributed by atoms with Crippen LogP contribution in [0.25, 0.3) is 0 Å². The van der Waals surface area contributed by atoms with Gasteiger partial charge >= 0.3 is 5.97 Å². The molecule has 0 fully saturated rings. The number of hydrogen-bond acceptors (Lipinski definition) is 5. The number of nitrogens with two attached hydrogens (primary N) is 1. The fourth-order valence-electron chi connectivity index (χ4n) is 1.32. The summed E-state index contributed by atoms with van der Waals surface area (Å²) in [6, 6.07) is 4.18. The third kappa shape index (κ3) is 3.44. The number of nitrogens with zero attached hydrogens (tertiary/aromatic N) is 1. The topological polar surface area (TPSA) is 88.2 Å². The number of anilines is 2. The second-order valence-corrected chi connectivity index (χ2v) is 5.79. The summed E-state index contributed by atoms with van der Waals surface area (Å²) in [6.45, 7) is 0. The van der Waals surface area contributed by atoms with E-state index >= 15 is 0 Å². The quantitative estimate of drug-likeness (QED) is 0.776. The molecular weight excluding hydrogens is 354 g/mol. The molecule has 0 aliphatic heterocycles. The molecule has 0 bridgehead atoms. The van der Waals surface area contributed by atoms with Gasteiger partial charge in [0.2, 0.25) is 0 Å². The fourth-order valence-corrected chi connectivity index (χ4v) is 2.86. The molecule has 5 nitrogen and oxygen atoms in total. The highest BCUT2D eigenvalue weighted by Crippen LogP contribution is 2.30. The smallest absolute Gasteiger partial charge is 0.326 e. The normalized spacial score (nSPS) is 12.2. The van der Waals surface area contributed by atoms with Crippen LogP contribution in [0.15, 0.2) is 28.1 Å². The molecule has 0 aliphatic carbocycles. The third-order valence-corrected chi connectivity index (χ3v) is 3.95. The summed E-state index contributed by atoms with van der Waals surface area (Å²) in [5, 5.41) is 14.7. The number of aliphatic carboxylic acids is 1. The van der Waals surface area contributed by atoms with Crippen molar-refractivity contribution in [3.63, 3.8) is 0 Å². The molecule has 19 heavy (non-hydrogen) atoms. The van der Waals surface area contributed by atoms with Crippen molar-refractivity contribution in [1.29, 1.82) is 0 Å². The van der Waals surface area contributed by atoms with Gasteiger partial charge in [-0.05, 0) is 34.1 Å². The maximum absolute atomic E-state index is 10.8. The Kier molecular flexibility index (Phi) is 4.41. The summed E-state index contributed by atoms with van der Waals surface area (Å²) >= 11 is 10.5. The first kappa shape index (κ1) is 14.3. The second kappa shape index (κ2) is 5.87. The molecule has 1 heterocycles. The Morgan fingerprint density at radius 3 is 2.95 bits per heavy atom. The molecule has 2 aromatic rings. The third-order valence-electron chi connectivity index (χ3n) is 2.28. The SMILES string of the molecule is NC(C(=O)O)c1csc(Nc2ccc(Cl)cc2Br)n1. The first-order valence-electron chi connectivity index (χ1n) is 5.13. The Morgan fingerprint density at radius 1 is 1.58 bits per heavy atom. The van der Waals surface area contributed by atoms with E-state index in [0.29, 0.717) is 15.8 Å². The minimum absolute atomic E-state index is 0.324. The number of rotatable bonds is 4. The van der Waals surface area contributed by atoms with Crippen molar-refractivity contribution in [1.82, 2.24) is 4.98 Å². The van der Waals surface area contributed by atoms with E-state index in [-0.39, 0.29) is 0 Å². The maximum Gasteiger partial charge on any atom is 0.326 e. The van der Waals surface area contributed by atoms with Crippen molar-refractivity contribution in [3.05, 3.63) is 38.8 Å². The Bertz CT molecular complexity index is 620. The van der Waals surface area contributed by atoms with Crippen molar-refractivity contribution in [2.24, 2.45) is 5.73 Å². The minimum Gasteiger partial charge on any atom is -0.480 e. The van der Waals surface area contributed by atoms with Gasteiger partial charge in [0.05, 0.1) is 11.4 Å². The van der Waals surface area contributed by atoms with Gasteiger partial charge in [-0.1, -0.05) is 11.6 Å². The van der Waals surface area contributed by atoms with Crippen LogP contribution < -0.4 is 11.1 Å². The van der Waals surface area contributed by atoms with E-state index in [9.17, 15) is 4.79 Å². The summed E-state index contributed by atoms with van der Waals surface area (Å²) in [5.41, 5.74) is 6.59. The lowest BCUT2D eigenvalue weighted by Gasteiger charge is -2.05.